The zero-order valence-corrected chi connectivity index (χ0v) is 52.4. The first-order valence-corrected chi connectivity index (χ1v) is 34.2. The van der Waals surface area contributed by atoms with Crippen LogP contribution in [-0.2, 0) is 4.79 Å². The molecule has 0 aliphatic heterocycles. The van der Waals surface area contributed by atoms with Gasteiger partial charge in [-0.3, -0.25) is 4.79 Å². The molecule has 0 radical (unpaired) electrons. The van der Waals surface area contributed by atoms with Crippen LogP contribution in [0.15, 0.2) is 122 Å². The fraction of sp³-hybridized carbons (Fsp3) is 0.720. The highest BCUT2D eigenvalue weighted by Gasteiger charge is 2.18. The average molecular weight is 1090 g/mol. The minimum Gasteiger partial charge on any atom is -0.394 e. The smallest absolute Gasteiger partial charge is 0.220 e. The van der Waals surface area contributed by atoms with Gasteiger partial charge in [-0.05, 0) is 96.3 Å². The van der Waals surface area contributed by atoms with Crippen molar-refractivity contribution < 1.29 is 15.0 Å². The number of aliphatic hydroxyl groups is 2. The summed E-state index contributed by atoms with van der Waals surface area (Å²) in [7, 11) is 0. The van der Waals surface area contributed by atoms with Crippen LogP contribution in [0.25, 0.3) is 0 Å². The topological polar surface area (TPSA) is 69.6 Å². The Morgan fingerprint density at radius 2 is 0.570 bits per heavy atom. The Morgan fingerprint density at radius 3 is 0.886 bits per heavy atom. The van der Waals surface area contributed by atoms with Crippen LogP contribution in [0.5, 0.6) is 0 Å². The summed E-state index contributed by atoms with van der Waals surface area (Å²) in [5.74, 6) is -0.0750. The summed E-state index contributed by atoms with van der Waals surface area (Å²) < 4.78 is 0. The van der Waals surface area contributed by atoms with Crippen LogP contribution in [0.2, 0.25) is 0 Å². The lowest BCUT2D eigenvalue weighted by atomic mass is 10.0. The summed E-state index contributed by atoms with van der Waals surface area (Å²) in [4.78, 5) is 12.5. The predicted molar refractivity (Wildman–Crippen MR) is 354 cm³/mol. The maximum Gasteiger partial charge on any atom is 0.220 e. The maximum absolute atomic E-state index is 12.5. The van der Waals surface area contributed by atoms with E-state index in [9.17, 15) is 15.0 Å². The highest BCUT2D eigenvalue weighted by molar-refractivity contribution is 5.76. The molecule has 0 saturated carbocycles. The molecule has 1 amide bonds. The molecule has 2 atom stereocenters. The van der Waals surface area contributed by atoms with Crippen molar-refractivity contribution in [3.05, 3.63) is 122 Å². The Balaban J connectivity index is 3.54. The van der Waals surface area contributed by atoms with E-state index in [1.54, 1.807) is 6.08 Å². The van der Waals surface area contributed by atoms with Gasteiger partial charge in [0.1, 0.15) is 0 Å². The minimum absolute atomic E-state index is 0.0750. The summed E-state index contributed by atoms with van der Waals surface area (Å²) >= 11 is 0. The largest absolute Gasteiger partial charge is 0.394 e. The molecule has 0 aromatic rings. The molecule has 79 heavy (non-hydrogen) atoms. The van der Waals surface area contributed by atoms with Gasteiger partial charge >= 0.3 is 0 Å². The second-order valence-electron chi connectivity index (χ2n) is 22.9. The minimum atomic E-state index is -0.871. The molecule has 0 aliphatic rings. The molecule has 0 rings (SSSR count). The van der Waals surface area contributed by atoms with Crippen molar-refractivity contribution >= 4 is 5.91 Å². The van der Waals surface area contributed by atoms with Crippen molar-refractivity contribution in [3.8, 4) is 0 Å². The number of hydrogen-bond acceptors (Lipinski definition) is 3. The summed E-state index contributed by atoms with van der Waals surface area (Å²) in [6.45, 7) is 4.21. The highest BCUT2D eigenvalue weighted by atomic mass is 16.3. The van der Waals surface area contributed by atoms with Crippen LogP contribution in [0.3, 0.4) is 0 Å². The van der Waals surface area contributed by atoms with Crippen LogP contribution < -0.4 is 5.32 Å². The van der Waals surface area contributed by atoms with E-state index in [0.717, 1.165) is 83.5 Å². The van der Waals surface area contributed by atoms with Gasteiger partial charge in [0, 0.05) is 6.42 Å². The molecule has 0 bridgehead atoms. The van der Waals surface area contributed by atoms with E-state index in [1.807, 2.05) is 6.08 Å². The Hall–Kier alpha value is -3.21. The van der Waals surface area contributed by atoms with Crippen molar-refractivity contribution in [1.82, 2.24) is 5.32 Å². The van der Waals surface area contributed by atoms with Gasteiger partial charge in [-0.25, -0.2) is 0 Å². The van der Waals surface area contributed by atoms with E-state index < -0.39 is 12.1 Å². The molecule has 4 heteroatoms. The molecule has 4 nitrogen and oxygen atoms in total. The average Bonchev–Trinajstić information content (AvgIpc) is 3.45. The number of rotatable bonds is 62. The molecule has 3 N–H and O–H groups in total. The number of carbonyl (C=O) groups excluding carboxylic acids is 1. The number of amides is 1. The Bertz CT molecular complexity index is 1520. The van der Waals surface area contributed by atoms with E-state index >= 15 is 0 Å². The van der Waals surface area contributed by atoms with Crippen LogP contribution in [0.1, 0.15) is 328 Å². The number of aliphatic hydroxyl groups excluding tert-OH is 2. The standard InChI is InChI=1S/C75H131NO3/c1-3-5-7-9-11-13-15-17-19-21-23-25-27-29-31-33-34-35-36-37-38-39-40-41-42-43-45-47-49-51-53-55-57-59-61-63-65-67-69-71-75(79)76-73(72-77)74(78)70-68-66-64-62-60-58-56-54-52-50-48-46-44-32-30-28-26-24-22-20-18-16-14-12-10-8-6-4-2/h5,7,11,13,17,19,23,25,29,31,34-35,37-38,40-41,60,62,68,70,73-74,77-78H,3-4,6,8-10,12,14-16,18,20-22,24,26-28,30,32-33,36,39,42-59,61,63-67,69,71-72H2,1-2H3,(H,76,79)/b7-5-,13-11-,19-17-,25-23-,31-29-,35-34-,38-37-,41-40-,62-60+,70-68+. The molecule has 0 aliphatic carbocycles. The summed E-state index contributed by atoms with van der Waals surface area (Å²) in [5, 5.41) is 23.3. The lowest BCUT2D eigenvalue weighted by Gasteiger charge is -2.19. The molecule has 0 heterocycles. The van der Waals surface area contributed by atoms with Crippen LogP contribution in [0, 0.1) is 0 Å². The van der Waals surface area contributed by atoms with Gasteiger partial charge in [0.2, 0.25) is 5.91 Å². The molecule has 2 unspecified atom stereocenters. The number of unbranched alkanes of at least 4 members (excludes halogenated alkanes) is 37. The summed E-state index contributed by atoms with van der Waals surface area (Å²) in [5.41, 5.74) is 0. The molecule has 454 valence electrons. The first-order valence-electron chi connectivity index (χ1n) is 34.2. The fourth-order valence-electron chi connectivity index (χ4n) is 10.0. The van der Waals surface area contributed by atoms with Gasteiger partial charge in [0.15, 0.2) is 0 Å². The Labute approximate surface area is 492 Å². The SMILES string of the molecule is CC/C=C\C/C=C\C/C=C\C/C=C\C/C=C\C/C=C\C/C=C\C/C=C\CCCCCCCCCCCCCCCCC(=O)NC(CO)C(O)/C=C/CC/C=C/CCCCCCCCCCCCCCCCCCCCCCCC. The number of hydrogen-bond donors (Lipinski definition) is 3. The van der Waals surface area contributed by atoms with Gasteiger partial charge in [-0.2, -0.15) is 0 Å². The van der Waals surface area contributed by atoms with Gasteiger partial charge in [-0.1, -0.05) is 347 Å². The third-order valence-corrected chi connectivity index (χ3v) is 15.2. The first-order chi connectivity index (χ1) is 39.2. The van der Waals surface area contributed by atoms with E-state index in [0.29, 0.717) is 6.42 Å². The highest BCUT2D eigenvalue weighted by Crippen LogP contribution is 2.17. The number of allylic oxidation sites excluding steroid dienone is 19. The van der Waals surface area contributed by atoms with Crippen molar-refractivity contribution in [2.24, 2.45) is 0 Å². The molecular weight excluding hydrogens is 963 g/mol. The normalized spacial score (nSPS) is 13.5. The van der Waals surface area contributed by atoms with Gasteiger partial charge in [-0.15, -0.1) is 0 Å². The third kappa shape index (κ3) is 65.5. The van der Waals surface area contributed by atoms with E-state index in [4.69, 9.17) is 0 Å². The van der Waals surface area contributed by atoms with E-state index in [2.05, 4.69) is 129 Å². The first kappa shape index (κ1) is 75.8. The van der Waals surface area contributed by atoms with Crippen LogP contribution >= 0.6 is 0 Å². The van der Waals surface area contributed by atoms with Gasteiger partial charge in [0.25, 0.3) is 0 Å². The zero-order chi connectivity index (χ0) is 56.9. The van der Waals surface area contributed by atoms with Gasteiger partial charge in [0.05, 0.1) is 18.8 Å². The maximum atomic E-state index is 12.5. The van der Waals surface area contributed by atoms with Crippen LogP contribution in [-0.4, -0.2) is 34.9 Å². The number of nitrogens with one attached hydrogen (secondary N) is 1. The van der Waals surface area contributed by atoms with Crippen molar-refractivity contribution in [2.45, 2.75) is 341 Å². The van der Waals surface area contributed by atoms with E-state index in [-0.39, 0.29) is 12.5 Å². The second kappa shape index (κ2) is 69.1. The molecule has 0 saturated heterocycles. The lowest BCUT2D eigenvalue weighted by Crippen LogP contribution is -2.45. The van der Waals surface area contributed by atoms with Gasteiger partial charge < -0.3 is 15.5 Å². The zero-order valence-electron chi connectivity index (χ0n) is 52.4. The van der Waals surface area contributed by atoms with Crippen molar-refractivity contribution in [2.75, 3.05) is 6.61 Å². The Morgan fingerprint density at radius 1 is 0.316 bits per heavy atom. The fourth-order valence-corrected chi connectivity index (χ4v) is 10.0. The number of carbonyl (C=O) groups is 1. The monoisotopic (exact) mass is 1090 g/mol. The molecular formula is C75H131NO3. The lowest BCUT2D eigenvalue weighted by molar-refractivity contribution is -0.123. The Kier molecular flexibility index (Phi) is 66.3. The second-order valence-corrected chi connectivity index (χ2v) is 22.9. The third-order valence-electron chi connectivity index (χ3n) is 15.2. The molecule has 0 aromatic heterocycles. The molecule has 0 aromatic carbocycles. The van der Waals surface area contributed by atoms with Crippen molar-refractivity contribution in [1.29, 1.82) is 0 Å². The summed E-state index contributed by atoms with van der Waals surface area (Å²) in [6, 6.07) is -0.648. The van der Waals surface area contributed by atoms with Crippen LogP contribution in [0.4, 0.5) is 0 Å². The van der Waals surface area contributed by atoms with Crippen molar-refractivity contribution in [3.63, 3.8) is 0 Å². The van der Waals surface area contributed by atoms with E-state index in [1.165, 1.54) is 225 Å². The molecule has 0 fully saturated rings. The molecule has 0 spiro atoms. The quantitative estimate of drug-likeness (QED) is 0.0420. The predicted octanol–water partition coefficient (Wildman–Crippen LogP) is 23.5. The summed E-state index contributed by atoms with van der Waals surface area (Å²) in [6.07, 6.45) is 106.